The van der Waals surface area contributed by atoms with Crippen LogP contribution < -0.4 is 15.5 Å². The predicted molar refractivity (Wildman–Crippen MR) is 137 cm³/mol. The number of carbonyl (C=O) groups excluding carboxylic acids is 1. The molecule has 0 bridgehead atoms. The van der Waals surface area contributed by atoms with E-state index < -0.39 is 0 Å². The highest BCUT2D eigenvalue weighted by Crippen LogP contribution is 2.39. The summed E-state index contributed by atoms with van der Waals surface area (Å²) in [6, 6.07) is 25.6. The summed E-state index contributed by atoms with van der Waals surface area (Å²) in [4.78, 5) is 14.8. The lowest BCUT2D eigenvalue weighted by molar-refractivity contribution is 0.102. The molecule has 1 aliphatic heterocycles. The SMILES string of the molecule is O=C(Nc1ccc(N2C=CCNc3c2ccc2ccccc32)cc1)c1cc(Br)ccc1Cl. The van der Waals surface area contributed by atoms with Gasteiger partial charge in [0.25, 0.3) is 5.91 Å². The Morgan fingerprint density at radius 2 is 1.81 bits per heavy atom. The van der Waals surface area contributed by atoms with Crippen molar-refractivity contribution in [3.05, 3.63) is 106 Å². The summed E-state index contributed by atoms with van der Waals surface area (Å²) in [5, 5.41) is 9.25. The highest BCUT2D eigenvalue weighted by molar-refractivity contribution is 9.10. The first-order chi connectivity index (χ1) is 15.6. The van der Waals surface area contributed by atoms with Crippen LogP contribution >= 0.6 is 27.5 Å². The fourth-order valence-electron chi connectivity index (χ4n) is 3.85. The summed E-state index contributed by atoms with van der Waals surface area (Å²) in [7, 11) is 0. The quantitative estimate of drug-likeness (QED) is 0.302. The van der Waals surface area contributed by atoms with Gasteiger partial charge in [0.15, 0.2) is 0 Å². The molecular weight excluding hydrogens is 486 g/mol. The molecule has 0 aliphatic carbocycles. The van der Waals surface area contributed by atoms with E-state index in [-0.39, 0.29) is 5.91 Å². The smallest absolute Gasteiger partial charge is 0.257 e. The number of nitrogens with one attached hydrogen (secondary N) is 2. The van der Waals surface area contributed by atoms with Gasteiger partial charge in [-0.3, -0.25) is 4.79 Å². The Balaban J connectivity index is 1.44. The molecule has 0 aromatic heterocycles. The Labute approximate surface area is 199 Å². The number of benzene rings is 4. The van der Waals surface area contributed by atoms with Gasteiger partial charge in [-0.2, -0.15) is 0 Å². The summed E-state index contributed by atoms with van der Waals surface area (Å²) < 4.78 is 0.801. The van der Waals surface area contributed by atoms with Crippen molar-refractivity contribution >= 4 is 67.0 Å². The number of fused-ring (bicyclic) bond motifs is 3. The normalized spacial score (nSPS) is 12.8. The van der Waals surface area contributed by atoms with Gasteiger partial charge in [-0.25, -0.2) is 0 Å². The number of anilines is 4. The fourth-order valence-corrected chi connectivity index (χ4v) is 4.41. The van der Waals surface area contributed by atoms with Gasteiger partial charge >= 0.3 is 0 Å². The van der Waals surface area contributed by atoms with Crippen molar-refractivity contribution in [1.29, 1.82) is 0 Å². The van der Waals surface area contributed by atoms with Crippen LogP contribution in [0.2, 0.25) is 5.02 Å². The molecule has 0 radical (unpaired) electrons. The third-order valence-electron chi connectivity index (χ3n) is 5.39. The molecule has 5 rings (SSSR count). The minimum atomic E-state index is -0.250. The maximum atomic E-state index is 12.7. The maximum absolute atomic E-state index is 12.7. The zero-order valence-electron chi connectivity index (χ0n) is 17.0. The Morgan fingerprint density at radius 3 is 2.66 bits per heavy atom. The fraction of sp³-hybridized carbons (Fsp3) is 0.0385. The minimum Gasteiger partial charge on any atom is -0.379 e. The Bertz CT molecular complexity index is 1350. The van der Waals surface area contributed by atoms with Crippen molar-refractivity contribution in [3.63, 3.8) is 0 Å². The molecule has 1 aliphatic rings. The first-order valence-corrected chi connectivity index (χ1v) is 11.4. The molecule has 4 nitrogen and oxygen atoms in total. The lowest BCUT2D eigenvalue weighted by atomic mass is 10.1. The highest BCUT2D eigenvalue weighted by Gasteiger charge is 2.17. The number of halogens is 2. The van der Waals surface area contributed by atoms with Crippen molar-refractivity contribution in [2.75, 3.05) is 22.1 Å². The zero-order valence-corrected chi connectivity index (χ0v) is 19.3. The topological polar surface area (TPSA) is 44.4 Å². The van der Waals surface area contributed by atoms with Crippen LogP contribution in [0.15, 0.2) is 95.6 Å². The molecule has 0 unspecified atom stereocenters. The molecule has 32 heavy (non-hydrogen) atoms. The molecule has 4 aromatic rings. The van der Waals surface area contributed by atoms with Gasteiger partial charge in [0.2, 0.25) is 0 Å². The second-order valence-corrected chi connectivity index (χ2v) is 8.76. The van der Waals surface area contributed by atoms with E-state index in [1.165, 1.54) is 10.8 Å². The number of nitrogens with zero attached hydrogens (tertiary/aromatic N) is 1. The number of carbonyl (C=O) groups is 1. The minimum absolute atomic E-state index is 0.250. The van der Waals surface area contributed by atoms with Crippen molar-refractivity contribution in [3.8, 4) is 0 Å². The van der Waals surface area contributed by atoms with Crippen LogP contribution in [0.25, 0.3) is 10.8 Å². The van der Waals surface area contributed by atoms with Crippen LogP contribution in [-0.4, -0.2) is 12.5 Å². The van der Waals surface area contributed by atoms with Gasteiger partial charge in [-0.1, -0.05) is 57.9 Å². The molecule has 1 heterocycles. The molecule has 0 saturated carbocycles. The van der Waals surface area contributed by atoms with E-state index in [9.17, 15) is 4.79 Å². The molecule has 2 N–H and O–H groups in total. The van der Waals surface area contributed by atoms with E-state index in [1.807, 2.05) is 24.3 Å². The standard InChI is InChI=1S/C26H19BrClN3O/c27-18-7-12-23(28)22(16-18)26(32)30-19-8-10-20(11-9-19)31-15-3-14-29-25-21-5-2-1-4-17(21)6-13-24(25)31/h1-13,15-16,29H,14H2,(H,30,32). The molecule has 0 fully saturated rings. The second-order valence-electron chi connectivity index (χ2n) is 7.44. The molecule has 6 heteroatoms. The average Bonchev–Trinajstić information content (AvgIpc) is 3.04. The zero-order chi connectivity index (χ0) is 22.1. The van der Waals surface area contributed by atoms with Crippen molar-refractivity contribution < 1.29 is 4.79 Å². The lowest BCUT2D eigenvalue weighted by Crippen LogP contribution is -2.13. The third kappa shape index (κ3) is 3.97. The van der Waals surface area contributed by atoms with Crippen molar-refractivity contribution in [1.82, 2.24) is 0 Å². The van der Waals surface area contributed by atoms with Crippen LogP contribution in [0, 0.1) is 0 Å². The van der Waals surface area contributed by atoms with Gasteiger partial charge in [0.05, 0.1) is 22.0 Å². The molecule has 1 amide bonds. The van der Waals surface area contributed by atoms with E-state index in [1.54, 1.807) is 18.2 Å². The monoisotopic (exact) mass is 503 g/mol. The Morgan fingerprint density at radius 1 is 1.00 bits per heavy atom. The summed E-state index contributed by atoms with van der Waals surface area (Å²) >= 11 is 9.57. The summed E-state index contributed by atoms with van der Waals surface area (Å²) in [6.45, 7) is 0.749. The van der Waals surface area contributed by atoms with Crippen LogP contribution in [0.1, 0.15) is 10.4 Å². The molecule has 158 valence electrons. The van der Waals surface area contributed by atoms with Crippen LogP contribution in [0.5, 0.6) is 0 Å². The summed E-state index contributed by atoms with van der Waals surface area (Å²) in [5.41, 5.74) is 4.31. The highest BCUT2D eigenvalue weighted by atomic mass is 79.9. The number of amides is 1. The number of hydrogen-bond acceptors (Lipinski definition) is 3. The van der Waals surface area contributed by atoms with E-state index in [4.69, 9.17) is 11.6 Å². The third-order valence-corrected chi connectivity index (χ3v) is 6.22. The van der Waals surface area contributed by atoms with E-state index >= 15 is 0 Å². The number of rotatable bonds is 3. The Hall–Kier alpha value is -3.28. The van der Waals surface area contributed by atoms with Gasteiger partial charge in [-0.15, -0.1) is 0 Å². The maximum Gasteiger partial charge on any atom is 0.257 e. The summed E-state index contributed by atoms with van der Waals surface area (Å²) in [6.07, 6.45) is 4.17. The Kier molecular flexibility index (Phi) is 5.60. The second kappa shape index (κ2) is 8.69. The van der Waals surface area contributed by atoms with Crippen LogP contribution in [-0.2, 0) is 0 Å². The average molecular weight is 505 g/mol. The van der Waals surface area contributed by atoms with Crippen molar-refractivity contribution in [2.45, 2.75) is 0 Å². The number of hydrogen-bond donors (Lipinski definition) is 2. The molecule has 0 saturated heterocycles. The molecule has 4 aromatic carbocycles. The van der Waals surface area contributed by atoms with E-state index in [0.717, 1.165) is 28.1 Å². The first-order valence-electron chi connectivity index (χ1n) is 10.2. The molecule has 0 spiro atoms. The van der Waals surface area contributed by atoms with Crippen molar-refractivity contribution in [2.24, 2.45) is 0 Å². The molecular formula is C26H19BrClN3O. The van der Waals surface area contributed by atoms with Gasteiger partial charge in [-0.05, 0) is 60.0 Å². The van der Waals surface area contributed by atoms with Gasteiger partial charge < -0.3 is 15.5 Å². The van der Waals surface area contributed by atoms with Gasteiger partial charge in [0, 0.05) is 34.0 Å². The van der Waals surface area contributed by atoms with Crippen LogP contribution in [0.3, 0.4) is 0 Å². The van der Waals surface area contributed by atoms with Crippen LogP contribution in [0.4, 0.5) is 22.7 Å². The van der Waals surface area contributed by atoms with E-state index in [0.29, 0.717) is 16.3 Å². The van der Waals surface area contributed by atoms with E-state index in [2.05, 4.69) is 80.1 Å². The van der Waals surface area contributed by atoms with Gasteiger partial charge in [0.1, 0.15) is 0 Å². The molecule has 0 atom stereocenters. The summed E-state index contributed by atoms with van der Waals surface area (Å²) in [5.74, 6) is -0.250. The lowest BCUT2D eigenvalue weighted by Gasteiger charge is -2.23. The predicted octanol–water partition coefficient (Wildman–Crippen LogP) is 7.59. The first kappa shape index (κ1) is 20.6. The largest absolute Gasteiger partial charge is 0.379 e.